The number of hydrogen-bond acceptors (Lipinski definition) is 2. The fraction of sp³-hybridized carbons (Fsp3) is 0.471. The van der Waals surface area contributed by atoms with Crippen LogP contribution in [0.15, 0.2) is 30.5 Å². The second-order valence-corrected chi connectivity index (χ2v) is 6.15. The maximum atomic E-state index is 6.24. The van der Waals surface area contributed by atoms with Gasteiger partial charge in [0.1, 0.15) is 0 Å². The van der Waals surface area contributed by atoms with Crippen LogP contribution in [0.5, 0.6) is 0 Å². The van der Waals surface area contributed by atoms with Crippen LogP contribution in [0.4, 0.5) is 0 Å². The molecule has 0 saturated carbocycles. The molecule has 2 rings (SSSR count). The molecule has 0 fully saturated rings. The predicted octanol–water partition coefficient (Wildman–Crippen LogP) is 3.89. The van der Waals surface area contributed by atoms with E-state index in [9.17, 15) is 0 Å². The van der Waals surface area contributed by atoms with E-state index in [-0.39, 0.29) is 0 Å². The molecule has 1 N–H and O–H groups in total. The summed E-state index contributed by atoms with van der Waals surface area (Å²) in [4.78, 5) is 0. The molecule has 0 radical (unpaired) electrons. The topological polar surface area (TPSA) is 29.9 Å². The fourth-order valence-electron chi connectivity index (χ4n) is 2.43. The summed E-state index contributed by atoms with van der Waals surface area (Å²) in [6.07, 6.45) is 2.95. The largest absolute Gasteiger partial charge is 0.312 e. The molecule has 0 aliphatic carbocycles. The Morgan fingerprint density at radius 3 is 2.67 bits per heavy atom. The van der Waals surface area contributed by atoms with E-state index in [2.05, 4.69) is 41.9 Å². The Morgan fingerprint density at radius 1 is 1.24 bits per heavy atom. The minimum Gasteiger partial charge on any atom is -0.312 e. The molecule has 0 aliphatic rings. The molecule has 1 heterocycles. The first-order valence-electron chi connectivity index (χ1n) is 7.59. The van der Waals surface area contributed by atoms with Crippen molar-refractivity contribution in [2.75, 3.05) is 6.54 Å². The quantitative estimate of drug-likeness (QED) is 0.841. The minimum atomic E-state index is 0.660. The van der Waals surface area contributed by atoms with Gasteiger partial charge in [0.05, 0.1) is 12.7 Å². The highest BCUT2D eigenvalue weighted by Gasteiger charge is 2.10. The standard InChI is InChI=1S/C17H24ClN3/c1-4-17-15(10-19-9-13(2)3)11-20-21(17)12-14-7-5-6-8-16(14)18/h5-8,11,13,19H,4,9-10,12H2,1-3H3. The summed E-state index contributed by atoms with van der Waals surface area (Å²) in [5.41, 5.74) is 3.68. The molecule has 3 nitrogen and oxygen atoms in total. The van der Waals surface area contributed by atoms with Crippen LogP contribution in [0, 0.1) is 5.92 Å². The lowest BCUT2D eigenvalue weighted by molar-refractivity contribution is 0.549. The second-order valence-electron chi connectivity index (χ2n) is 5.74. The smallest absolute Gasteiger partial charge is 0.0677 e. The first-order valence-corrected chi connectivity index (χ1v) is 7.97. The fourth-order valence-corrected chi connectivity index (χ4v) is 2.62. The molecule has 4 heteroatoms. The molecule has 1 aromatic heterocycles. The van der Waals surface area contributed by atoms with Crippen molar-refractivity contribution >= 4 is 11.6 Å². The van der Waals surface area contributed by atoms with E-state index in [0.717, 1.165) is 36.6 Å². The maximum absolute atomic E-state index is 6.24. The SMILES string of the molecule is CCc1c(CNCC(C)C)cnn1Cc1ccccc1Cl. The highest BCUT2D eigenvalue weighted by molar-refractivity contribution is 6.31. The Bertz CT molecular complexity index is 575. The van der Waals surface area contributed by atoms with Crippen LogP contribution >= 0.6 is 11.6 Å². The summed E-state index contributed by atoms with van der Waals surface area (Å²) < 4.78 is 2.06. The van der Waals surface area contributed by atoms with Gasteiger partial charge in [0, 0.05) is 22.8 Å². The van der Waals surface area contributed by atoms with Crippen molar-refractivity contribution < 1.29 is 0 Å². The average molecular weight is 306 g/mol. The summed E-state index contributed by atoms with van der Waals surface area (Å²) in [5.74, 6) is 0.660. The highest BCUT2D eigenvalue weighted by Crippen LogP contribution is 2.18. The van der Waals surface area contributed by atoms with E-state index in [0.29, 0.717) is 5.92 Å². The zero-order chi connectivity index (χ0) is 15.2. The van der Waals surface area contributed by atoms with E-state index < -0.39 is 0 Å². The number of rotatable bonds is 7. The molecule has 0 amide bonds. The van der Waals surface area contributed by atoms with Crippen molar-refractivity contribution in [3.63, 3.8) is 0 Å². The molecule has 21 heavy (non-hydrogen) atoms. The lowest BCUT2D eigenvalue weighted by atomic mass is 10.1. The molecular formula is C17H24ClN3. The van der Waals surface area contributed by atoms with Crippen LogP contribution in [0.2, 0.25) is 5.02 Å². The van der Waals surface area contributed by atoms with Gasteiger partial charge < -0.3 is 5.32 Å². The van der Waals surface area contributed by atoms with Gasteiger partial charge in [0.2, 0.25) is 0 Å². The summed E-state index contributed by atoms with van der Waals surface area (Å²) in [5, 5.41) is 8.82. The monoisotopic (exact) mass is 305 g/mol. The summed E-state index contributed by atoms with van der Waals surface area (Å²) in [6.45, 7) is 9.24. The molecular weight excluding hydrogens is 282 g/mol. The molecule has 114 valence electrons. The number of aromatic nitrogens is 2. The number of nitrogens with one attached hydrogen (secondary N) is 1. The molecule has 0 unspecified atom stereocenters. The van der Waals surface area contributed by atoms with Crippen LogP contribution in [0.1, 0.15) is 37.6 Å². The Hall–Kier alpha value is -1.32. The molecule has 0 saturated heterocycles. The van der Waals surface area contributed by atoms with Crippen molar-refractivity contribution in [3.8, 4) is 0 Å². The molecule has 0 atom stereocenters. The lowest BCUT2D eigenvalue weighted by Crippen LogP contribution is -2.19. The number of hydrogen-bond donors (Lipinski definition) is 1. The van der Waals surface area contributed by atoms with Crippen LogP contribution in [-0.2, 0) is 19.5 Å². The van der Waals surface area contributed by atoms with Crippen LogP contribution in [0.3, 0.4) is 0 Å². The Kier molecular flexibility index (Phi) is 5.83. The summed E-state index contributed by atoms with van der Waals surface area (Å²) in [6, 6.07) is 7.95. The zero-order valence-corrected chi connectivity index (χ0v) is 13.8. The predicted molar refractivity (Wildman–Crippen MR) is 88.7 cm³/mol. The van der Waals surface area contributed by atoms with Crippen molar-refractivity contribution in [1.29, 1.82) is 0 Å². The molecule has 2 aromatic rings. The first-order chi connectivity index (χ1) is 10.1. The van der Waals surface area contributed by atoms with E-state index in [1.54, 1.807) is 0 Å². The van der Waals surface area contributed by atoms with Gasteiger partial charge in [0.15, 0.2) is 0 Å². The van der Waals surface area contributed by atoms with E-state index in [1.807, 2.05) is 24.4 Å². The van der Waals surface area contributed by atoms with Crippen molar-refractivity contribution in [3.05, 3.63) is 52.3 Å². The van der Waals surface area contributed by atoms with Crippen LogP contribution in [0.25, 0.3) is 0 Å². The van der Waals surface area contributed by atoms with Gasteiger partial charge in [-0.2, -0.15) is 5.10 Å². The minimum absolute atomic E-state index is 0.660. The van der Waals surface area contributed by atoms with Crippen molar-refractivity contribution in [2.45, 2.75) is 40.3 Å². The van der Waals surface area contributed by atoms with Gasteiger partial charge >= 0.3 is 0 Å². The average Bonchev–Trinajstić information content (AvgIpc) is 2.83. The molecule has 1 aromatic carbocycles. The van der Waals surface area contributed by atoms with E-state index in [1.165, 1.54) is 11.3 Å². The summed E-state index contributed by atoms with van der Waals surface area (Å²) >= 11 is 6.24. The van der Waals surface area contributed by atoms with Crippen LogP contribution in [-0.4, -0.2) is 16.3 Å². The molecule has 0 aliphatic heterocycles. The van der Waals surface area contributed by atoms with Gasteiger partial charge in [-0.25, -0.2) is 0 Å². The number of halogens is 1. The van der Waals surface area contributed by atoms with Gasteiger partial charge in [-0.3, -0.25) is 4.68 Å². The van der Waals surface area contributed by atoms with E-state index >= 15 is 0 Å². The van der Waals surface area contributed by atoms with Gasteiger partial charge in [0.25, 0.3) is 0 Å². The third-order valence-electron chi connectivity index (χ3n) is 3.52. The van der Waals surface area contributed by atoms with E-state index in [4.69, 9.17) is 11.6 Å². The second kappa shape index (κ2) is 7.62. The Labute approximate surface area is 132 Å². The molecule has 0 bridgehead atoms. The normalized spacial score (nSPS) is 11.3. The van der Waals surface area contributed by atoms with Gasteiger partial charge in [-0.05, 0) is 30.5 Å². The maximum Gasteiger partial charge on any atom is 0.0677 e. The Morgan fingerprint density at radius 2 is 2.00 bits per heavy atom. The third-order valence-corrected chi connectivity index (χ3v) is 3.88. The Balaban J connectivity index is 2.10. The molecule has 0 spiro atoms. The third kappa shape index (κ3) is 4.32. The highest BCUT2D eigenvalue weighted by atomic mass is 35.5. The van der Waals surface area contributed by atoms with Gasteiger partial charge in [-0.1, -0.05) is 50.6 Å². The van der Waals surface area contributed by atoms with Crippen LogP contribution < -0.4 is 5.32 Å². The number of nitrogens with zero attached hydrogens (tertiary/aromatic N) is 2. The lowest BCUT2D eigenvalue weighted by Gasteiger charge is -2.10. The zero-order valence-electron chi connectivity index (χ0n) is 13.1. The number of benzene rings is 1. The van der Waals surface area contributed by atoms with Crippen molar-refractivity contribution in [1.82, 2.24) is 15.1 Å². The van der Waals surface area contributed by atoms with Gasteiger partial charge in [-0.15, -0.1) is 0 Å². The first kappa shape index (κ1) is 16.1. The van der Waals surface area contributed by atoms with Crippen molar-refractivity contribution in [2.24, 2.45) is 5.92 Å². The summed E-state index contributed by atoms with van der Waals surface area (Å²) in [7, 11) is 0.